The largest absolute Gasteiger partial charge is 0.371 e. The Bertz CT molecular complexity index is 935. The number of urea groups is 1. The first-order chi connectivity index (χ1) is 15.6. The predicted molar refractivity (Wildman–Crippen MR) is 124 cm³/mol. The minimum Gasteiger partial charge on any atom is -0.371 e. The standard InChI is InChI=1S/C25H31FN4O2/c26-19-10-8-18(9-11-19)17-27-24(31)22-16-21(12-13-23(22)30-14-4-5-15-30)29-25(32)28-20-6-2-1-3-7-20/h8-13,16,20H,1-7,14-15,17H2,(H,27,31)(H2,28,29,32). The summed E-state index contributed by atoms with van der Waals surface area (Å²) in [5.41, 5.74) is 2.82. The number of nitrogens with zero attached hydrogens (tertiary/aromatic N) is 1. The van der Waals surface area contributed by atoms with Crippen LogP contribution >= 0.6 is 0 Å². The topological polar surface area (TPSA) is 73.5 Å². The molecule has 0 unspecified atom stereocenters. The number of rotatable bonds is 6. The monoisotopic (exact) mass is 438 g/mol. The van der Waals surface area contributed by atoms with Gasteiger partial charge in [0.05, 0.1) is 5.56 Å². The summed E-state index contributed by atoms with van der Waals surface area (Å²) in [7, 11) is 0. The van der Waals surface area contributed by atoms with Crippen molar-refractivity contribution in [3.8, 4) is 0 Å². The quantitative estimate of drug-likeness (QED) is 0.606. The summed E-state index contributed by atoms with van der Waals surface area (Å²) in [6.45, 7) is 2.12. The molecule has 170 valence electrons. The lowest BCUT2D eigenvalue weighted by Crippen LogP contribution is -2.39. The average Bonchev–Trinajstić information content (AvgIpc) is 3.34. The molecule has 1 heterocycles. The maximum Gasteiger partial charge on any atom is 0.319 e. The zero-order valence-electron chi connectivity index (χ0n) is 18.3. The Morgan fingerprint density at radius 2 is 1.66 bits per heavy atom. The highest BCUT2D eigenvalue weighted by atomic mass is 19.1. The van der Waals surface area contributed by atoms with E-state index < -0.39 is 0 Å². The molecular formula is C25H31FN4O2. The third kappa shape index (κ3) is 5.78. The van der Waals surface area contributed by atoms with Crippen molar-refractivity contribution in [1.29, 1.82) is 0 Å². The lowest BCUT2D eigenvalue weighted by molar-refractivity contribution is 0.0951. The summed E-state index contributed by atoms with van der Waals surface area (Å²) in [4.78, 5) is 27.8. The average molecular weight is 439 g/mol. The van der Waals surface area contributed by atoms with Crippen molar-refractivity contribution in [2.75, 3.05) is 23.3 Å². The molecule has 3 N–H and O–H groups in total. The highest BCUT2D eigenvalue weighted by molar-refractivity contribution is 6.02. The number of carbonyl (C=O) groups is 2. The minimum atomic E-state index is -0.304. The van der Waals surface area contributed by atoms with Crippen molar-refractivity contribution in [1.82, 2.24) is 10.6 Å². The SMILES string of the molecule is O=C(Nc1ccc(N2CCCC2)c(C(=O)NCc2ccc(F)cc2)c1)NC1CCCCC1. The molecule has 32 heavy (non-hydrogen) atoms. The number of halogens is 1. The van der Waals surface area contributed by atoms with E-state index in [1.54, 1.807) is 18.2 Å². The van der Waals surface area contributed by atoms with Crippen LogP contribution in [0.15, 0.2) is 42.5 Å². The van der Waals surface area contributed by atoms with Gasteiger partial charge in [0, 0.05) is 37.1 Å². The molecule has 1 saturated heterocycles. The van der Waals surface area contributed by atoms with E-state index in [0.29, 0.717) is 17.8 Å². The molecule has 2 aromatic carbocycles. The summed E-state index contributed by atoms with van der Waals surface area (Å²) in [6.07, 6.45) is 7.74. The predicted octanol–water partition coefficient (Wildman–Crippen LogP) is 4.81. The van der Waals surface area contributed by atoms with Gasteiger partial charge in [0.2, 0.25) is 0 Å². The molecule has 4 rings (SSSR count). The van der Waals surface area contributed by atoms with Crippen molar-refractivity contribution < 1.29 is 14.0 Å². The van der Waals surface area contributed by atoms with Crippen molar-refractivity contribution >= 4 is 23.3 Å². The second kappa shape index (κ2) is 10.5. The third-order valence-electron chi connectivity index (χ3n) is 6.25. The van der Waals surface area contributed by atoms with Gasteiger partial charge in [-0.15, -0.1) is 0 Å². The number of carbonyl (C=O) groups excluding carboxylic acids is 2. The Balaban J connectivity index is 1.46. The van der Waals surface area contributed by atoms with E-state index in [0.717, 1.165) is 62.9 Å². The van der Waals surface area contributed by atoms with E-state index in [9.17, 15) is 14.0 Å². The molecule has 1 aliphatic carbocycles. The van der Waals surface area contributed by atoms with Gasteiger partial charge in [-0.25, -0.2) is 9.18 Å². The minimum absolute atomic E-state index is 0.214. The van der Waals surface area contributed by atoms with E-state index in [-0.39, 0.29) is 23.8 Å². The van der Waals surface area contributed by atoms with E-state index in [1.165, 1.54) is 18.6 Å². The van der Waals surface area contributed by atoms with Gasteiger partial charge in [0.25, 0.3) is 5.91 Å². The molecule has 0 spiro atoms. The molecule has 7 heteroatoms. The zero-order valence-corrected chi connectivity index (χ0v) is 18.3. The third-order valence-corrected chi connectivity index (χ3v) is 6.25. The Kier molecular flexibility index (Phi) is 7.24. The molecule has 2 aromatic rings. The van der Waals surface area contributed by atoms with Crippen LogP contribution < -0.4 is 20.9 Å². The van der Waals surface area contributed by atoms with Gasteiger partial charge in [-0.1, -0.05) is 31.4 Å². The number of hydrogen-bond donors (Lipinski definition) is 3. The van der Waals surface area contributed by atoms with E-state index >= 15 is 0 Å². The van der Waals surface area contributed by atoms with Crippen LogP contribution in [0.3, 0.4) is 0 Å². The molecule has 3 amide bonds. The number of benzene rings is 2. The summed E-state index contributed by atoms with van der Waals surface area (Å²) in [5.74, 6) is -0.519. The molecule has 0 aromatic heterocycles. The highest BCUT2D eigenvalue weighted by Crippen LogP contribution is 2.28. The molecule has 0 bridgehead atoms. The van der Waals surface area contributed by atoms with Gasteiger partial charge in [0.1, 0.15) is 5.82 Å². The van der Waals surface area contributed by atoms with Crippen LogP contribution in [0, 0.1) is 5.82 Å². The zero-order chi connectivity index (χ0) is 22.3. The van der Waals surface area contributed by atoms with E-state index in [2.05, 4.69) is 20.9 Å². The van der Waals surface area contributed by atoms with Crippen molar-refractivity contribution in [3.05, 3.63) is 59.4 Å². The first kappa shape index (κ1) is 22.1. The van der Waals surface area contributed by atoms with Crippen LogP contribution in [0.5, 0.6) is 0 Å². The molecule has 2 aliphatic rings. The second-order valence-corrected chi connectivity index (χ2v) is 8.67. The fraction of sp³-hybridized carbons (Fsp3) is 0.440. The Morgan fingerprint density at radius 1 is 0.938 bits per heavy atom. The second-order valence-electron chi connectivity index (χ2n) is 8.67. The molecule has 0 radical (unpaired) electrons. The molecule has 2 fully saturated rings. The fourth-order valence-corrected chi connectivity index (χ4v) is 4.51. The molecular weight excluding hydrogens is 407 g/mol. The number of nitrogens with one attached hydrogen (secondary N) is 3. The summed E-state index contributed by atoms with van der Waals surface area (Å²) in [6, 6.07) is 11.6. The normalized spacial score (nSPS) is 16.6. The number of anilines is 2. The first-order valence-electron chi connectivity index (χ1n) is 11.6. The van der Waals surface area contributed by atoms with Crippen LogP contribution in [0.4, 0.5) is 20.6 Å². The lowest BCUT2D eigenvalue weighted by atomic mass is 9.96. The van der Waals surface area contributed by atoms with Crippen molar-refractivity contribution in [2.24, 2.45) is 0 Å². The van der Waals surface area contributed by atoms with Gasteiger partial charge < -0.3 is 20.9 Å². The smallest absolute Gasteiger partial charge is 0.319 e. The summed E-state index contributed by atoms with van der Waals surface area (Å²) >= 11 is 0. The molecule has 1 aliphatic heterocycles. The maximum absolute atomic E-state index is 13.1. The Hall–Kier alpha value is -3.09. The highest BCUT2D eigenvalue weighted by Gasteiger charge is 2.21. The van der Waals surface area contributed by atoms with E-state index in [1.807, 2.05) is 12.1 Å². The lowest BCUT2D eigenvalue weighted by Gasteiger charge is -2.24. The van der Waals surface area contributed by atoms with Gasteiger partial charge in [-0.3, -0.25) is 4.79 Å². The van der Waals surface area contributed by atoms with Crippen LogP contribution in [-0.4, -0.2) is 31.1 Å². The van der Waals surface area contributed by atoms with Crippen LogP contribution in [-0.2, 0) is 6.54 Å². The van der Waals surface area contributed by atoms with Crippen LogP contribution in [0.1, 0.15) is 60.9 Å². The van der Waals surface area contributed by atoms with Gasteiger partial charge in [0.15, 0.2) is 0 Å². The van der Waals surface area contributed by atoms with Crippen molar-refractivity contribution in [3.63, 3.8) is 0 Å². The van der Waals surface area contributed by atoms with Crippen molar-refractivity contribution in [2.45, 2.75) is 57.5 Å². The Labute approximate surface area is 188 Å². The maximum atomic E-state index is 13.1. The number of hydrogen-bond acceptors (Lipinski definition) is 3. The van der Waals surface area contributed by atoms with Crippen LogP contribution in [0.25, 0.3) is 0 Å². The van der Waals surface area contributed by atoms with Gasteiger partial charge >= 0.3 is 6.03 Å². The van der Waals surface area contributed by atoms with Crippen LogP contribution in [0.2, 0.25) is 0 Å². The number of amides is 3. The molecule has 6 nitrogen and oxygen atoms in total. The summed E-state index contributed by atoms with van der Waals surface area (Å²) < 4.78 is 13.1. The molecule has 0 atom stereocenters. The fourth-order valence-electron chi connectivity index (χ4n) is 4.51. The van der Waals surface area contributed by atoms with E-state index in [4.69, 9.17) is 0 Å². The summed E-state index contributed by atoms with van der Waals surface area (Å²) in [5, 5.41) is 8.87. The molecule has 1 saturated carbocycles. The Morgan fingerprint density at radius 3 is 2.38 bits per heavy atom. The first-order valence-corrected chi connectivity index (χ1v) is 11.6. The van der Waals surface area contributed by atoms with Gasteiger partial charge in [-0.05, 0) is 61.6 Å². The van der Waals surface area contributed by atoms with Gasteiger partial charge in [-0.2, -0.15) is 0 Å².